The quantitative estimate of drug-likeness (QED) is 0.247. The van der Waals surface area contributed by atoms with Gasteiger partial charge in [-0.15, -0.1) is 11.8 Å². The Bertz CT molecular complexity index is 1270. The smallest absolute Gasteiger partial charge is 0.309 e. The molecule has 0 saturated carbocycles. The molecule has 1 amide bonds. The van der Waals surface area contributed by atoms with Crippen LogP contribution in [0.25, 0.3) is 5.69 Å². The summed E-state index contributed by atoms with van der Waals surface area (Å²) in [5, 5.41) is 14.1. The summed E-state index contributed by atoms with van der Waals surface area (Å²) in [7, 11) is 0. The van der Waals surface area contributed by atoms with Gasteiger partial charge in [-0.2, -0.15) is 36.7 Å². The number of amides is 1. The van der Waals surface area contributed by atoms with E-state index in [0.29, 0.717) is 21.7 Å². The van der Waals surface area contributed by atoms with E-state index in [-0.39, 0.29) is 5.75 Å². The summed E-state index contributed by atoms with van der Waals surface area (Å²) in [6.07, 6.45) is -4.81. The topological polar surface area (TPSA) is 70.7 Å². The van der Waals surface area contributed by atoms with Crippen LogP contribution >= 0.6 is 46.7 Å². The Morgan fingerprint density at radius 2 is 1.69 bits per heavy atom. The fourth-order valence-electron chi connectivity index (χ4n) is 2.73. The van der Waals surface area contributed by atoms with E-state index in [1.165, 1.54) is 6.07 Å². The molecule has 0 aliphatic carbocycles. The Morgan fingerprint density at radius 3 is 2.20 bits per heavy atom. The van der Waals surface area contributed by atoms with Crippen molar-refractivity contribution in [2.24, 2.45) is 0 Å². The SMILES string of the molecule is N#Cc1nn(-c2c(Cl)cc(C(F)(F)F)cc2Cl)c(NC(=O)CSc2ccccc2)c1SC(F)(F)F. The number of aromatic nitrogens is 2. The third-order valence-electron chi connectivity index (χ3n) is 4.09. The molecule has 0 aliphatic rings. The van der Waals surface area contributed by atoms with Gasteiger partial charge in [-0.25, -0.2) is 4.68 Å². The Balaban J connectivity index is 2.08. The maximum Gasteiger partial charge on any atom is 0.446 e. The summed E-state index contributed by atoms with van der Waals surface area (Å²) in [4.78, 5) is 12.5. The van der Waals surface area contributed by atoms with Crippen molar-refractivity contribution in [3.05, 3.63) is 63.8 Å². The van der Waals surface area contributed by atoms with Gasteiger partial charge in [-0.3, -0.25) is 4.79 Å². The van der Waals surface area contributed by atoms with Gasteiger partial charge in [0.2, 0.25) is 5.91 Å². The highest BCUT2D eigenvalue weighted by Gasteiger charge is 2.37. The van der Waals surface area contributed by atoms with Crippen LogP contribution in [-0.4, -0.2) is 26.9 Å². The average molecular weight is 571 g/mol. The maximum atomic E-state index is 13.2. The fraction of sp³-hybridized carbons (Fsp3) is 0.150. The van der Waals surface area contributed by atoms with E-state index in [4.69, 9.17) is 23.2 Å². The lowest BCUT2D eigenvalue weighted by molar-refractivity contribution is -0.137. The van der Waals surface area contributed by atoms with Crippen LogP contribution in [0.2, 0.25) is 10.0 Å². The van der Waals surface area contributed by atoms with Gasteiger partial charge in [0.05, 0.1) is 26.3 Å². The number of carbonyl (C=O) groups excluding carboxylic acids is 1. The predicted molar refractivity (Wildman–Crippen MR) is 121 cm³/mol. The van der Waals surface area contributed by atoms with E-state index < -0.39 is 67.1 Å². The Kier molecular flexibility index (Phi) is 8.21. The zero-order valence-electron chi connectivity index (χ0n) is 16.8. The lowest BCUT2D eigenvalue weighted by Crippen LogP contribution is -2.18. The molecule has 0 saturated heterocycles. The summed E-state index contributed by atoms with van der Waals surface area (Å²) in [5.74, 6) is -1.62. The monoisotopic (exact) mass is 570 g/mol. The highest BCUT2D eigenvalue weighted by molar-refractivity contribution is 8.00. The Hall–Kier alpha value is -2.53. The molecule has 5 nitrogen and oxygen atoms in total. The van der Waals surface area contributed by atoms with Crippen LogP contribution in [0.4, 0.5) is 32.2 Å². The minimum Gasteiger partial charge on any atom is -0.309 e. The molecular formula is C20H10Cl2F6N4OS2. The van der Waals surface area contributed by atoms with E-state index in [0.717, 1.165) is 11.8 Å². The number of rotatable bonds is 6. The third kappa shape index (κ3) is 6.78. The predicted octanol–water partition coefficient (Wildman–Crippen LogP) is 7.41. The molecule has 1 aromatic heterocycles. The molecule has 3 rings (SSSR count). The van der Waals surface area contributed by atoms with Crippen LogP contribution in [0, 0.1) is 11.3 Å². The van der Waals surface area contributed by atoms with Crippen LogP contribution in [0.3, 0.4) is 0 Å². The highest BCUT2D eigenvalue weighted by atomic mass is 35.5. The van der Waals surface area contributed by atoms with Gasteiger partial charge in [0.25, 0.3) is 0 Å². The second kappa shape index (κ2) is 10.6. The van der Waals surface area contributed by atoms with Crippen molar-refractivity contribution in [3.8, 4) is 11.8 Å². The molecule has 1 heterocycles. The second-order valence-electron chi connectivity index (χ2n) is 6.53. The van der Waals surface area contributed by atoms with Crippen LogP contribution in [0.1, 0.15) is 11.3 Å². The minimum atomic E-state index is -4.88. The normalized spacial score (nSPS) is 11.9. The first-order chi connectivity index (χ1) is 16.3. The fourth-order valence-corrected chi connectivity index (χ4v) is 4.74. The second-order valence-corrected chi connectivity index (χ2v) is 9.47. The third-order valence-corrected chi connectivity index (χ3v) is 6.50. The lowest BCUT2D eigenvalue weighted by Gasteiger charge is -2.15. The minimum absolute atomic E-state index is 0.234. The molecule has 0 fully saturated rings. The van der Waals surface area contributed by atoms with E-state index in [2.05, 4.69) is 10.4 Å². The van der Waals surface area contributed by atoms with Crippen molar-refractivity contribution in [3.63, 3.8) is 0 Å². The largest absolute Gasteiger partial charge is 0.446 e. The Morgan fingerprint density at radius 1 is 1.09 bits per heavy atom. The number of anilines is 1. The molecule has 15 heteroatoms. The molecule has 3 aromatic rings. The molecule has 2 aromatic carbocycles. The molecule has 0 aliphatic heterocycles. The number of halogens is 8. The number of hydrogen-bond donors (Lipinski definition) is 1. The number of nitrogens with one attached hydrogen (secondary N) is 1. The number of carbonyl (C=O) groups is 1. The van der Waals surface area contributed by atoms with Gasteiger partial charge in [0, 0.05) is 4.90 Å². The number of benzene rings is 2. The van der Waals surface area contributed by atoms with Crippen LogP contribution in [0.5, 0.6) is 0 Å². The van der Waals surface area contributed by atoms with Gasteiger partial charge in [-0.1, -0.05) is 41.4 Å². The van der Waals surface area contributed by atoms with Gasteiger partial charge < -0.3 is 5.32 Å². The molecule has 0 unspecified atom stereocenters. The maximum absolute atomic E-state index is 13.2. The highest BCUT2D eigenvalue weighted by Crippen LogP contribution is 2.45. The van der Waals surface area contributed by atoms with Crippen molar-refractivity contribution in [2.45, 2.75) is 21.5 Å². The van der Waals surface area contributed by atoms with Crippen LogP contribution in [0.15, 0.2) is 52.3 Å². The molecule has 1 N–H and O–H groups in total. The van der Waals surface area contributed by atoms with Gasteiger partial charge >= 0.3 is 11.7 Å². The van der Waals surface area contributed by atoms with E-state index in [9.17, 15) is 36.4 Å². The van der Waals surface area contributed by atoms with Gasteiger partial charge in [0.15, 0.2) is 11.5 Å². The van der Waals surface area contributed by atoms with Crippen molar-refractivity contribution in [2.75, 3.05) is 11.1 Å². The summed E-state index contributed by atoms with van der Waals surface area (Å²) < 4.78 is 79.6. The number of hydrogen-bond acceptors (Lipinski definition) is 5. The van der Waals surface area contributed by atoms with Crippen molar-refractivity contribution >= 4 is 58.5 Å². The molecule has 0 atom stereocenters. The van der Waals surface area contributed by atoms with Crippen molar-refractivity contribution in [1.29, 1.82) is 5.26 Å². The van der Waals surface area contributed by atoms with Gasteiger partial charge in [-0.05, 0) is 36.0 Å². The van der Waals surface area contributed by atoms with Crippen molar-refractivity contribution in [1.82, 2.24) is 9.78 Å². The van der Waals surface area contributed by atoms with Crippen LogP contribution < -0.4 is 5.32 Å². The van der Waals surface area contributed by atoms with E-state index in [1.54, 1.807) is 30.3 Å². The number of thioether (sulfide) groups is 2. The van der Waals surface area contributed by atoms with Crippen molar-refractivity contribution < 1.29 is 31.1 Å². The summed E-state index contributed by atoms with van der Waals surface area (Å²) >= 11 is 12.3. The Labute approximate surface area is 212 Å². The molecule has 184 valence electrons. The average Bonchev–Trinajstić information content (AvgIpc) is 3.07. The van der Waals surface area contributed by atoms with Crippen LogP contribution in [-0.2, 0) is 11.0 Å². The zero-order valence-corrected chi connectivity index (χ0v) is 20.0. The molecule has 35 heavy (non-hydrogen) atoms. The van der Waals surface area contributed by atoms with E-state index in [1.807, 2.05) is 0 Å². The number of alkyl halides is 6. The number of nitriles is 1. The number of nitrogens with zero attached hydrogens (tertiary/aromatic N) is 3. The van der Waals surface area contributed by atoms with E-state index >= 15 is 0 Å². The zero-order chi connectivity index (χ0) is 26.0. The first-order valence-corrected chi connectivity index (χ1v) is 11.7. The molecule has 0 bridgehead atoms. The summed E-state index contributed by atoms with van der Waals surface area (Å²) in [5.41, 5.74) is -7.28. The summed E-state index contributed by atoms with van der Waals surface area (Å²) in [6.45, 7) is 0. The molecule has 0 spiro atoms. The first kappa shape index (κ1) is 27.1. The molecule has 0 radical (unpaired) electrons. The summed E-state index contributed by atoms with van der Waals surface area (Å²) in [6, 6.07) is 11.1. The molecular weight excluding hydrogens is 561 g/mol. The lowest BCUT2D eigenvalue weighted by atomic mass is 10.2. The first-order valence-electron chi connectivity index (χ1n) is 9.13. The standard InChI is InChI=1S/C20H10Cl2F6N4OS2/c21-12-6-10(19(23,24)25)7-13(22)16(12)32-18(17(14(8-29)31-32)35-20(26,27)28)30-15(33)9-34-11-4-2-1-3-5-11/h1-7H,9H2,(H,30,33). The van der Waals surface area contributed by atoms with Gasteiger partial charge in [0.1, 0.15) is 11.8 Å².